The SMILES string of the molecule is CCCNc1ccc(Cl)cc1C(=O)NCC(C)CSC. The molecule has 0 fully saturated rings. The number of carbonyl (C=O) groups excluding carboxylic acids is 1. The van der Waals surface area contributed by atoms with Gasteiger partial charge in [-0.25, -0.2) is 0 Å². The van der Waals surface area contributed by atoms with Crippen molar-refractivity contribution >= 4 is 35.0 Å². The van der Waals surface area contributed by atoms with E-state index in [-0.39, 0.29) is 5.91 Å². The third-order valence-electron chi connectivity index (χ3n) is 2.85. The van der Waals surface area contributed by atoms with Crippen molar-refractivity contribution < 1.29 is 4.79 Å². The number of amides is 1. The van der Waals surface area contributed by atoms with Gasteiger partial charge in [0.15, 0.2) is 0 Å². The lowest BCUT2D eigenvalue weighted by atomic mass is 10.1. The van der Waals surface area contributed by atoms with Crippen LogP contribution in [0.25, 0.3) is 0 Å². The van der Waals surface area contributed by atoms with Crippen molar-refractivity contribution in [2.45, 2.75) is 20.3 Å². The average Bonchev–Trinajstić information content (AvgIpc) is 2.43. The van der Waals surface area contributed by atoms with Crippen molar-refractivity contribution in [3.05, 3.63) is 28.8 Å². The van der Waals surface area contributed by atoms with Crippen LogP contribution in [0.3, 0.4) is 0 Å². The van der Waals surface area contributed by atoms with E-state index < -0.39 is 0 Å². The second-order valence-electron chi connectivity index (χ2n) is 4.89. The zero-order valence-electron chi connectivity index (χ0n) is 12.3. The number of nitrogens with one attached hydrogen (secondary N) is 2. The Labute approximate surface area is 130 Å². The molecular weight excluding hydrogens is 292 g/mol. The van der Waals surface area contributed by atoms with E-state index in [0.717, 1.165) is 24.4 Å². The van der Waals surface area contributed by atoms with Gasteiger partial charge in [0.2, 0.25) is 0 Å². The normalized spacial score (nSPS) is 12.0. The average molecular weight is 315 g/mol. The van der Waals surface area contributed by atoms with Crippen molar-refractivity contribution in [3.8, 4) is 0 Å². The Kier molecular flexibility index (Phi) is 7.85. The van der Waals surface area contributed by atoms with E-state index in [9.17, 15) is 4.79 Å². The Morgan fingerprint density at radius 3 is 2.85 bits per heavy atom. The highest BCUT2D eigenvalue weighted by molar-refractivity contribution is 7.98. The minimum Gasteiger partial charge on any atom is -0.384 e. The third kappa shape index (κ3) is 5.63. The Morgan fingerprint density at radius 1 is 1.45 bits per heavy atom. The molecule has 0 heterocycles. The Morgan fingerprint density at radius 2 is 2.20 bits per heavy atom. The zero-order valence-corrected chi connectivity index (χ0v) is 13.9. The molecule has 0 saturated carbocycles. The van der Waals surface area contributed by atoms with E-state index in [1.54, 1.807) is 23.9 Å². The molecule has 1 aromatic rings. The lowest BCUT2D eigenvalue weighted by Gasteiger charge is -2.14. The van der Waals surface area contributed by atoms with Crippen molar-refractivity contribution in [2.75, 3.05) is 30.4 Å². The Hall–Kier alpha value is -0.870. The molecule has 112 valence electrons. The number of hydrogen-bond donors (Lipinski definition) is 2. The minimum atomic E-state index is -0.0703. The van der Waals surface area contributed by atoms with Crippen LogP contribution in [0.4, 0.5) is 5.69 Å². The van der Waals surface area contributed by atoms with Gasteiger partial charge < -0.3 is 10.6 Å². The molecular formula is C15H23ClN2OS. The first-order valence-electron chi connectivity index (χ1n) is 6.89. The molecule has 0 bridgehead atoms. The maximum atomic E-state index is 12.3. The summed E-state index contributed by atoms with van der Waals surface area (Å²) in [5.41, 5.74) is 1.45. The summed E-state index contributed by atoms with van der Waals surface area (Å²) in [6.45, 7) is 5.74. The second-order valence-corrected chi connectivity index (χ2v) is 6.23. The molecule has 20 heavy (non-hydrogen) atoms. The van der Waals surface area contributed by atoms with Crippen LogP contribution in [0, 0.1) is 5.92 Å². The standard InChI is InChI=1S/C15H23ClN2OS/c1-4-7-17-14-6-5-12(16)8-13(14)15(19)18-9-11(2)10-20-3/h5-6,8,11,17H,4,7,9-10H2,1-3H3,(H,18,19). The second kappa shape index (κ2) is 9.14. The van der Waals surface area contributed by atoms with E-state index >= 15 is 0 Å². The van der Waals surface area contributed by atoms with Crippen molar-refractivity contribution in [1.29, 1.82) is 0 Å². The molecule has 0 aliphatic carbocycles. The van der Waals surface area contributed by atoms with Gasteiger partial charge in [-0.1, -0.05) is 25.4 Å². The van der Waals surface area contributed by atoms with Gasteiger partial charge in [-0.15, -0.1) is 0 Å². The first kappa shape index (κ1) is 17.2. The number of hydrogen-bond acceptors (Lipinski definition) is 3. The minimum absolute atomic E-state index is 0.0703. The van der Waals surface area contributed by atoms with E-state index in [1.165, 1.54) is 0 Å². The molecule has 3 nitrogen and oxygen atoms in total. The lowest BCUT2D eigenvalue weighted by molar-refractivity contribution is 0.0950. The van der Waals surface area contributed by atoms with Gasteiger partial charge in [0, 0.05) is 23.8 Å². The van der Waals surface area contributed by atoms with E-state index in [1.807, 2.05) is 6.07 Å². The summed E-state index contributed by atoms with van der Waals surface area (Å²) in [5, 5.41) is 6.82. The molecule has 0 radical (unpaired) electrons. The molecule has 1 atom stereocenters. The van der Waals surface area contributed by atoms with Gasteiger partial charge in [-0.2, -0.15) is 11.8 Å². The van der Waals surface area contributed by atoms with Crippen LogP contribution < -0.4 is 10.6 Å². The van der Waals surface area contributed by atoms with Gasteiger partial charge in [-0.05, 0) is 42.5 Å². The predicted molar refractivity (Wildman–Crippen MR) is 90.1 cm³/mol. The number of benzene rings is 1. The van der Waals surface area contributed by atoms with Crippen LogP contribution in [0.15, 0.2) is 18.2 Å². The van der Waals surface area contributed by atoms with Gasteiger partial charge >= 0.3 is 0 Å². The Balaban J connectivity index is 2.72. The molecule has 0 aliphatic heterocycles. The molecule has 1 aromatic carbocycles. The summed E-state index contributed by atoms with van der Waals surface area (Å²) in [7, 11) is 0. The number of anilines is 1. The summed E-state index contributed by atoms with van der Waals surface area (Å²) in [5.74, 6) is 1.43. The van der Waals surface area contributed by atoms with Crippen molar-refractivity contribution in [1.82, 2.24) is 5.32 Å². The maximum Gasteiger partial charge on any atom is 0.253 e. The number of carbonyl (C=O) groups is 1. The highest BCUT2D eigenvalue weighted by Gasteiger charge is 2.12. The summed E-state index contributed by atoms with van der Waals surface area (Å²) in [6, 6.07) is 5.37. The fourth-order valence-corrected chi connectivity index (χ4v) is 2.68. The lowest BCUT2D eigenvalue weighted by Crippen LogP contribution is -2.29. The fourth-order valence-electron chi connectivity index (χ4n) is 1.82. The third-order valence-corrected chi connectivity index (χ3v) is 3.99. The fraction of sp³-hybridized carbons (Fsp3) is 0.533. The van der Waals surface area contributed by atoms with E-state index in [0.29, 0.717) is 23.0 Å². The molecule has 0 aromatic heterocycles. The predicted octanol–water partition coefficient (Wildman–Crippen LogP) is 3.89. The first-order chi connectivity index (χ1) is 9.58. The van der Waals surface area contributed by atoms with E-state index in [2.05, 4.69) is 30.7 Å². The maximum absolute atomic E-state index is 12.3. The quantitative estimate of drug-likeness (QED) is 0.765. The molecule has 2 N–H and O–H groups in total. The van der Waals surface area contributed by atoms with Crippen LogP contribution in [0.2, 0.25) is 5.02 Å². The monoisotopic (exact) mass is 314 g/mol. The summed E-state index contributed by atoms with van der Waals surface area (Å²) in [6.07, 6.45) is 3.08. The molecule has 5 heteroatoms. The van der Waals surface area contributed by atoms with Crippen LogP contribution >= 0.6 is 23.4 Å². The van der Waals surface area contributed by atoms with E-state index in [4.69, 9.17) is 11.6 Å². The largest absolute Gasteiger partial charge is 0.384 e. The van der Waals surface area contributed by atoms with Crippen LogP contribution in [0.1, 0.15) is 30.6 Å². The summed E-state index contributed by atoms with van der Waals surface area (Å²) in [4.78, 5) is 12.3. The zero-order chi connectivity index (χ0) is 15.0. The van der Waals surface area contributed by atoms with Crippen molar-refractivity contribution in [2.24, 2.45) is 5.92 Å². The number of thioether (sulfide) groups is 1. The molecule has 1 rings (SSSR count). The Bertz CT molecular complexity index is 440. The van der Waals surface area contributed by atoms with Crippen LogP contribution in [0.5, 0.6) is 0 Å². The van der Waals surface area contributed by atoms with Gasteiger partial charge in [-0.3, -0.25) is 4.79 Å². The number of halogens is 1. The van der Waals surface area contributed by atoms with Gasteiger partial charge in [0.05, 0.1) is 5.56 Å². The molecule has 1 unspecified atom stereocenters. The first-order valence-corrected chi connectivity index (χ1v) is 8.66. The summed E-state index contributed by atoms with van der Waals surface area (Å²) >= 11 is 7.79. The van der Waals surface area contributed by atoms with Crippen LogP contribution in [-0.2, 0) is 0 Å². The molecule has 0 saturated heterocycles. The van der Waals surface area contributed by atoms with Crippen LogP contribution in [-0.4, -0.2) is 31.0 Å². The molecule has 0 aliphatic rings. The molecule has 1 amide bonds. The smallest absolute Gasteiger partial charge is 0.253 e. The summed E-state index contributed by atoms with van der Waals surface area (Å²) < 4.78 is 0. The topological polar surface area (TPSA) is 41.1 Å². The van der Waals surface area contributed by atoms with Gasteiger partial charge in [0.1, 0.15) is 0 Å². The highest BCUT2D eigenvalue weighted by Crippen LogP contribution is 2.21. The van der Waals surface area contributed by atoms with Crippen molar-refractivity contribution in [3.63, 3.8) is 0 Å². The van der Waals surface area contributed by atoms with Gasteiger partial charge in [0.25, 0.3) is 5.91 Å². The molecule has 0 spiro atoms. The highest BCUT2D eigenvalue weighted by atomic mass is 35.5. The number of rotatable bonds is 8.